The Kier molecular flexibility index (Phi) is 6.18. The number of nitro groups is 1. The maximum Gasteiger partial charge on any atom is 0.288 e. The Morgan fingerprint density at radius 2 is 2.03 bits per heavy atom. The standard InChI is InChI=1S/C22H19ClN6O4/c1-14-4-2-3-5-16(14)12-27-13-25-20-17(22(27)31)11-26-28(20)9-8-24-21(30)15-6-7-18(23)19(10-15)29(32)33/h2-7,10-11,13H,8-9,12H2,1H3,(H,24,30). The Balaban J connectivity index is 1.46. The average Bonchev–Trinajstić information content (AvgIpc) is 3.21. The number of nitro benzene ring substituents is 1. The summed E-state index contributed by atoms with van der Waals surface area (Å²) in [6.07, 6.45) is 2.95. The van der Waals surface area contributed by atoms with Gasteiger partial charge in [0.2, 0.25) is 0 Å². The zero-order valence-corrected chi connectivity index (χ0v) is 18.3. The molecule has 4 rings (SSSR count). The van der Waals surface area contributed by atoms with Gasteiger partial charge in [-0.15, -0.1) is 0 Å². The highest BCUT2D eigenvalue weighted by Gasteiger charge is 2.16. The zero-order valence-electron chi connectivity index (χ0n) is 17.6. The molecular formula is C22H19ClN6O4. The second-order valence-corrected chi connectivity index (χ2v) is 7.80. The summed E-state index contributed by atoms with van der Waals surface area (Å²) in [4.78, 5) is 40.0. The highest BCUT2D eigenvalue weighted by atomic mass is 35.5. The van der Waals surface area contributed by atoms with Crippen LogP contribution < -0.4 is 10.9 Å². The number of nitrogens with zero attached hydrogens (tertiary/aromatic N) is 5. The average molecular weight is 467 g/mol. The van der Waals surface area contributed by atoms with Crippen molar-refractivity contribution in [3.63, 3.8) is 0 Å². The lowest BCUT2D eigenvalue weighted by Crippen LogP contribution is -2.28. The summed E-state index contributed by atoms with van der Waals surface area (Å²) in [5.74, 6) is -0.486. The maximum atomic E-state index is 12.9. The van der Waals surface area contributed by atoms with Crippen LogP contribution in [0.1, 0.15) is 21.5 Å². The van der Waals surface area contributed by atoms with Gasteiger partial charge in [-0.3, -0.25) is 24.3 Å². The Bertz CT molecular complexity index is 1430. The van der Waals surface area contributed by atoms with Crippen LogP contribution in [0.5, 0.6) is 0 Å². The maximum absolute atomic E-state index is 12.9. The normalized spacial score (nSPS) is 11.0. The molecule has 0 aliphatic heterocycles. The summed E-state index contributed by atoms with van der Waals surface area (Å²) in [6, 6.07) is 11.7. The van der Waals surface area contributed by atoms with Crippen LogP contribution in [0.3, 0.4) is 0 Å². The number of carbonyl (C=O) groups excluding carboxylic acids is 1. The van der Waals surface area contributed by atoms with E-state index < -0.39 is 10.8 Å². The van der Waals surface area contributed by atoms with E-state index in [1.807, 2.05) is 31.2 Å². The Hall–Kier alpha value is -4.05. The van der Waals surface area contributed by atoms with E-state index in [-0.39, 0.29) is 34.9 Å². The van der Waals surface area contributed by atoms with Gasteiger partial charge in [-0.2, -0.15) is 5.10 Å². The molecule has 168 valence electrons. The molecule has 0 saturated carbocycles. The molecule has 0 saturated heterocycles. The molecule has 0 aliphatic rings. The number of nitrogens with one attached hydrogen (secondary N) is 1. The monoisotopic (exact) mass is 466 g/mol. The summed E-state index contributed by atoms with van der Waals surface area (Å²) in [7, 11) is 0. The Morgan fingerprint density at radius 3 is 2.79 bits per heavy atom. The summed E-state index contributed by atoms with van der Waals surface area (Å²) < 4.78 is 3.06. The molecule has 11 heteroatoms. The fourth-order valence-electron chi connectivity index (χ4n) is 3.42. The summed E-state index contributed by atoms with van der Waals surface area (Å²) in [5.41, 5.74) is 2.10. The Labute approximate surface area is 192 Å². The van der Waals surface area contributed by atoms with Crippen molar-refractivity contribution in [2.45, 2.75) is 20.0 Å². The highest BCUT2D eigenvalue weighted by molar-refractivity contribution is 6.32. The van der Waals surface area contributed by atoms with E-state index in [4.69, 9.17) is 11.6 Å². The molecule has 0 unspecified atom stereocenters. The topological polar surface area (TPSA) is 125 Å². The smallest absolute Gasteiger partial charge is 0.288 e. The van der Waals surface area contributed by atoms with Gasteiger partial charge < -0.3 is 5.32 Å². The molecule has 0 aliphatic carbocycles. The lowest BCUT2D eigenvalue weighted by molar-refractivity contribution is -0.384. The van der Waals surface area contributed by atoms with Gasteiger partial charge in [0.15, 0.2) is 5.65 Å². The third-order valence-electron chi connectivity index (χ3n) is 5.24. The third kappa shape index (κ3) is 4.60. The van der Waals surface area contributed by atoms with E-state index in [9.17, 15) is 19.7 Å². The van der Waals surface area contributed by atoms with Crippen molar-refractivity contribution in [3.8, 4) is 0 Å². The van der Waals surface area contributed by atoms with E-state index in [2.05, 4.69) is 15.4 Å². The number of carbonyl (C=O) groups is 1. The highest BCUT2D eigenvalue weighted by Crippen LogP contribution is 2.25. The van der Waals surface area contributed by atoms with Crippen molar-refractivity contribution in [1.82, 2.24) is 24.6 Å². The number of hydrogen-bond donors (Lipinski definition) is 1. The summed E-state index contributed by atoms with van der Waals surface area (Å²) in [6.45, 7) is 2.84. The molecular weight excluding hydrogens is 448 g/mol. The van der Waals surface area contributed by atoms with Crippen LogP contribution in [-0.4, -0.2) is 36.7 Å². The van der Waals surface area contributed by atoms with Gasteiger partial charge in [0.05, 0.1) is 24.2 Å². The molecule has 10 nitrogen and oxygen atoms in total. The SMILES string of the molecule is Cc1ccccc1Cn1cnc2c(cnn2CCNC(=O)c2ccc(Cl)c([N+](=O)[O-])c2)c1=O. The molecule has 1 N–H and O–H groups in total. The van der Waals surface area contributed by atoms with Gasteiger partial charge in [-0.25, -0.2) is 9.67 Å². The second-order valence-electron chi connectivity index (χ2n) is 7.39. The number of aromatic nitrogens is 4. The fraction of sp³-hybridized carbons (Fsp3) is 0.182. The van der Waals surface area contributed by atoms with Crippen molar-refractivity contribution in [2.24, 2.45) is 0 Å². The third-order valence-corrected chi connectivity index (χ3v) is 5.56. The minimum atomic E-state index is -0.646. The van der Waals surface area contributed by atoms with Gasteiger partial charge >= 0.3 is 0 Å². The first-order valence-corrected chi connectivity index (χ1v) is 10.4. The lowest BCUT2D eigenvalue weighted by atomic mass is 10.1. The van der Waals surface area contributed by atoms with E-state index >= 15 is 0 Å². The zero-order chi connectivity index (χ0) is 23.5. The molecule has 4 aromatic rings. The van der Waals surface area contributed by atoms with Crippen LogP contribution in [0.15, 0.2) is 59.8 Å². The molecule has 2 aromatic heterocycles. The minimum absolute atomic E-state index is 0.0429. The molecule has 0 fully saturated rings. The van der Waals surface area contributed by atoms with Gasteiger partial charge in [0, 0.05) is 18.2 Å². The van der Waals surface area contributed by atoms with Gasteiger partial charge in [0.25, 0.3) is 17.2 Å². The van der Waals surface area contributed by atoms with E-state index in [1.165, 1.54) is 33.9 Å². The summed E-state index contributed by atoms with van der Waals surface area (Å²) in [5, 5.41) is 18.2. The van der Waals surface area contributed by atoms with Crippen molar-refractivity contribution in [2.75, 3.05) is 6.54 Å². The van der Waals surface area contributed by atoms with Crippen LogP contribution in [0.25, 0.3) is 11.0 Å². The number of hydrogen-bond acceptors (Lipinski definition) is 6. The lowest BCUT2D eigenvalue weighted by Gasteiger charge is -2.09. The number of benzene rings is 2. The Morgan fingerprint density at radius 1 is 1.24 bits per heavy atom. The van der Waals surface area contributed by atoms with Gasteiger partial charge in [-0.05, 0) is 30.2 Å². The summed E-state index contributed by atoms with van der Waals surface area (Å²) >= 11 is 5.78. The van der Waals surface area contributed by atoms with Crippen LogP contribution in [-0.2, 0) is 13.1 Å². The van der Waals surface area contributed by atoms with Crippen molar-refractivity contribution >= 4 is 34.2 Å². The van der Waals surface area contributed by atoms with E-state index in [0.29, 0.717) is 17.6 Å². The van der Waals surface area contributed by atoms with Crippen LogP contribution in [0, 0.1) is 17.0 Å². The minimum Gasteiger partial charge on any atom is -0.350 e. The van der Waals surface area contributed by atoms with Crippen LogP contribution >= 0.6 is 11.6 Å². The largest absolute Gasteiger partial charge is 0.350 e. The van der Waals surface area contributed by atoms with Crippen molar-refractivity contribution < 1.29 is 9.72 Å². The van der Waals surface area contributed by atoms with Crippen LogP contribution in [0.4, 0.5) is 5.69 Å². The van der Waals surface area contributed by atoms with E-state index in [0.717, 1.165) is 17.2 Å². The second kappa shape index (κ2) is 9.21. The molecule has 33 heavy (non-hydrogen) atoms. The number of amides is 1. The number of aryl methyl sites for hydroxylation is 1. The van der Waals surface area contributed by atoms with Gasteiger partial charge in [0.1, 0.15) is 16.7 Å². The number of halogens is 1. The molecule has 0 bridgehead atoms. The predicted octanol–water partition coefficient (Wildman–Crippen LogP) is 2.94. The number of rotatable bonds is 7. The first-order valence-electron chi connectivity index (χ1n) is 10.0. The van der Waals surface area contributed by atoms with Crippen molar-refractivity contribution in [1.29, 1.82) is 0 Å². The first-order chi connectivity index (χ1) is 15.8. The molecule has 0 spiro atoms. The fourth-order valence-corrected chi connectivity index (χ4v) is 3.60. The van der Waals surface area contributed by atoms with E-state index in [1.54, 1.807) is 0 Å². The number of fused-ring (bicyclic) bond motifs is 1. The van der Waals surface area contributed by atoms with Crippen LogP contribution in [0.2, 0.25) is 5.02 Å². The molecule has 2 aromatic carbocycles. The molecule has 2 heterocycles. The quantitative estimate of drug-likeness (QED) is 0.330. The van der Waals surface area contributed by atoms with Gasteiger partial charge in [-0.1, -0.05) is 35.9 Å². The molecule has 0 radical (unpaired) electrons. The molecule has 0 atom stereocenters. The predicted molar refractivity (Wildman–Crippen MR) is 123 cm³/mol. The molecule has 1 amide bonds. The first kappa shape index (κ1) is 22.2. The van der Waals surface area contributed by atoms with Crippen molar-refractivity contribution in [3.05, 3.63) is 97.2 Å².